The molecule has 1 aliphatic rings. The van der Waals surface area contributed by atoms with E-state index in [4.69, 9.17) is 6.42 Å². The van der Waals surface area contributed by atoms with E-state index in [0.717, 1.165) is 5.92 Å². The maximum atomic E-state index is 6.99. The van der Waals surface area contributed by atoms with Gasteiger partial charge >= 0.3 is 0 Å². The molecule has 0 aliphatic heterocycles. The van der Waals surface area contributed by atoms with Crippen molar-refractivity contribution < 1.29 is 0 Å². The summed E-state index contributed by atoms with van der Waals surface area (Å²) < 4.78 is 0. The van der Waals surface area contributed by atoms with Crippen molar-refractivity contribution in [2.24, 2.45) is 11.8 Å². The van der Waals surface area contributed by atoms with Crippen LogP contribution in [0.1, 0.15) is 39.0 Å². The lowest BCUT2D eigenvalue weighted by Crippen LogP contribution is -2.13. The molecule has 0 aromatic carbocycles. The molecule has 0 amide bonds. The molecule has 1 saturated carbocycles. The van der Waals surface area contributed by atoms with Crippen LogP contribution < -0.4 is 0 Å². The highest BCUT2D eigenvalue weighted by molar-refractivity contribution is 4.89. The van der Waals surface area contributed by atoms with Crippen molar-refractivity contribution in [2.75, 3.05) is 0 Å². The summed E-state index contributed by atoms with van der Waals surface area (Å²) in [7, 11) is 0. The van der Waals surface area contributed by atoms with Crippen molar-refractivity contribution in [3.63, 3.8) is 0 Å². The average molecular weight is 135 g/mol. The Morgan fingerprint density at radius 3 is 2.40 bits per heavy atom. The van der Waals surface area contributed by atoms with Crippen LogP contribution in [0.4, 0.5) is 0 Å². The molecule has 0 aromatic heterocycles. The summed E-state index contributed by atoms with van der Waals surface area (Å²) in [5.74, 6) is 3.76. The molecule has 0 heterocycles. The number of hydrogen-bond donors (Lipinski definition) is 0. The Balaban J connectivity index is 2.33. The van der Waals surface area contributed by atoms with Gasteiger partial charge in [-0.15, -0.1) is 0 Å². The Hall–Kier alpha value is -0.440. The van der Waals surface area contributed by atoms with Crippen LogP contribution in [0.3, 0.4) is 0 Å². The van der Waals surface area contributed by atoms with E-state index in [2.05, 4.69) is 12.8 Å². The zero-order valence-corrected chi connectivity index (χ0v) is 6.69. The van der Waals surface area contributed by atoms with Crippen molar-refractivity contribution in [1.29, 1.82) is 0 Å². The highest BCUT2D eigenvalue weighted by atomic mass is 14.2. The second-order valence-corrected chi connectivity index (χ2v) is 3.33. The molecule has 0 bridgehead atoms. The third kappa shape index (κ3) is 1.77. The molecule has 1 unspecified atom stereocenters. The first-order valence-corrected chi connectivity index (χ1v) is 4.27. The zero-order chi connectivity index (χ0) is 7.40. The van der Waals surface area contributed by atoms with Crippen LogP contribution in [0.5, 0.6) is 0 Å². The van der Waals surface area contributed by atoms with E-state index in [-0.39, 0.29) is 0 Å². The van der Waals surface area contributed by atoms with E-state index in [0.29, 0.717) is 5.92 Å². The van der Waals surface area contributed by atoms with E-state index in [1.165, 1.54) is 32.1 Å². The van der Waals surface area contributed by atoms with Crippen LogP contribution in [-0.4, -0.2) is 0 Å². The molecule has 0 aromatic rings. The molecule has 1 aliphatic carbocycles. The zero-order valence-electron chi connectivity index (χ0n) is 6.69. The van der Waals surface area contributed by atoms with E-state index in [1.807, 2.05) is 0 Å². The molecule has 1 rings (SSSR count). The third-order valence-electron chi connectivity index (χ3n) is 2.58. The summed E-state index contributed by atoms with van der Waals surface area (Å²) in [6.07, 6.45) is 13.8. The maximum Gasteiger partial charge on any atom is 0.0213 e. The fraction of sp³-hybridized carbons (Fsp3) is 0.800. The third-order valence-corrected chi connectivity index (χ3v) is 2.58. The molecule has 0 heteroatoms. The molecule has 1 radical (unpaired) electrons. The Morgan fingerprint density at radius 2 is 1.90 bits per heavy atom. The molecule has 0 N–H and O–H groups in total. The highest BCUT2D eigenvalue weighted by Gasteiger charge is 2.17. The minimum absolute atomic E-state index is 0.403. The molecule has 55 valence electrons. The van der Waals surface area contributed by atoms with E-state index in [1.54, 1.807) is 0 Å². The lowest BCUT2D eigenvalue weighted by atomic mass is 9.81. The SMILES string of the molecule is [C]#CC(C)C1CCCCC1. The van der Waals surface area contributed by atoms with E-state index < -0.39 is 0 Å². The largest absolute Gasteiger partial charge is 0.0857 e. The minimum Gasteiger partial charge on any atom is -0.0857 e. The Bertz CT molecular complexity index is 123. The van der Waals surface area contributed by atoms with Crippen molar-refractivity contribution in [3.05, 3.63) is 6.42 Å². The Morgan fingerprint density at radius 1 is 1.30 bits per heavy atom. The summed E-state index contributed by atoms with van der Waals surface area (Å²) in [5.41, 5.74) is 0. The quantitative estimate of drug-likeness (QED) is 0.485. The number of rotatable bonds is 1. The summed E-state index contributed by atoms with van der Waals surface area (Å²) in [6.45, 7) is 2.11. The van der Waals surface area contributed by atoms with Gasteiger partial charge in [-0.1, -0.05) is 32.1 Å². The smallest absolute Gasteiger partial charge is 0.0213 e. The van der Waals surface area contributed by atoms with Gasteiger partial charge in [-0.2, -0.15) is 0 Å². The van der Waals surface area contributed by atoms with Gasteiger partial charge in [-0.3, -0.25) is 0 Å². The summed E-state index contributed by atoms with van der Waals surface area (Å²) in [6, 6.07) is 0. The van der Waals surface area contributed by atoms with Crippen molar-refractivity contribution in [1.82, 2.24) is 0 Å². The summed E-state index contributed by atoms with van der Waals surface area (Å²) in [4.78, 5) is 0. The predicted molar refractivity (Wildman–Crippen MR) is 42.9 cm³/mol. The average Bonchev–Trinajstić information content (AvgIpc) is 2.05. The summed E-state index contributed by atoms with van der Waals surface area (Å²) in [5, 5.41) is 0. The van der Waals surface area contributed by atoms with E-state index in [9.17, 15) is 0 Å². The first-order chi connectivity index (χ1) is 4.84. The first-order valence-electron chi connectivity index (χ1n) is 4.27. The monoisotopic (exact) mass is 135 g/mol. The fourth-order valence-corrected chi connectivity index (χ4v) is 1.75. The van der Waals surface area contributed by atoms with Gasteiger partial charge in [0.2, 0.25) is 0 Å². The Labute approximate surface area is 64.0 Å². The molecule has 0 spiro atoms. The molecule has 0 nitrogen and oxygen atoms in total. The van der Waals surface area contributed by atoms with Gasteiger partial charge in [-0.05, 0) is 25.2 Å². The van der Waals surface area contributed by atoms with Gasteiger partial charge in [0, 0.05) is 5.92 Å². The standard InChI is InChI=1S/C10H15/c1-3-9(2)10-7-5-4-6-8-10/h9-10H,4-8H2,2H3. The van der Waals surface area contributed by atoms with Crippen LogP contribution in [0.15, 0.2) is 0 Å². The lowest BCUT2D eigenvalue weighted by Gasteiger charge is -2.23. The molecule has 0 saturated heterocycles. The van der Waals surface area contributed by atoms with Gasteiger partial charge in [-0.25, -0.2) is 0 Å². The predicted octanol–water partition coefficient (Wildman–Crippen LogP) is 2.79. The molecular formula is C10H15. The first kappa shape index (κ1) is 7.66. The van der Waals surface area contributed by atoms with Crippen LogP contribution in [0, 0.1) is 24.2 Å². The maximum absolute atomic E-state index is 6.99. The second kappa shape index (κ2) is 3.66. The summed E-state index contributed by atoms with van der Waals surface area (Å²) >= 11 is 0. The molecule has 10 heavy (non-hydrogen) atoms. The van der Waals surface area contributed by atoms with Gasteiger partial charge in [0.05, 0.1) is 0 Å². The van der Waals surface area contributed by atoms with Crippen molar-refractivity contribution in [2.45, 2.75) is 39.0 Å². The lowest BCUT2D eigenvalue weighted by molar-refractivity contribution is 0.306. The van der Waals surface area contributed by atoms with Gasteiger partial charge in [0.15, 0.2) is 0 Å². The van der Waals surface area contributed by atoms with Crippen LogP contribution in [0.2, 0.25) is 0 Å². The van der Waals surface area contributed by atoms with E-state index >= 15 is 0 Å². The number of hydrogen-bond acceptors (Lipinski definition) is 0. The highest BCUT2D eigenvalue weighted by Crippen LogP contribution is 2.29. The van der Waals surface area contributed by atoms with Gasteiger partial charge < -0.3 is 0 Å². The Kier molecular flexibility index (Phi) is 2.81. The van der Waals surface area contributed by atoms with Crippen LogP contribution in [0.25, 0.3) is 0 Å². The van der Waals surface area contributed by atoms with Crippen molar-refractivity contribution in [3.8, 4) is 5.92 Å². The molecule has 1 atom stereocenters. The van der Waals surface area contributed by atoms with Gasteiger partial charge in [0.25, 0.3) is 0 Å². The second-order valence-electron chi connectivity index (χ2n) is 3.33. The fourth-order valence-electron chi connectivity index (χ4n) is 1.75. The van der Waals surface area contributed by atoms with Crippen molar-refractivity contribution >= 4 is 0 Å². The minimum atomic E-state index is 0.403. The van der Waals surface area contributed by atoms with Crippen LogP contribution >= 0.6 is 0 Å². The normalized spacial score (nSPS) is 23.6. The van der Waals surface area contributed by atoms with Crippen LogP contribution in [-0.2, 0) is 0 Å². The molecular weight excluding hydrogens is 120 g/mol. The van der Waals surface area contributed by atoms with Gasteiger partial charge in [0.1, 0.15) is 0 Å². The molecule has 1 fully saturated rings. The topological polar surface area (TPSA) is 0 Å².